The maximum atomic E-state index is 12.2. The second-order valence-electron chi connectivity index (χ2n) is 5.94. The third kappa shape index (κ3) is 5.09. The molecule has 0 spiro atoms. The molecular weight excluding hydrogens is 288 g/mol. The smallest absolute Gasteiger partial charge is 0.260 e. The molecule has 2 rings (SSSR count). The van der Waals surface area contributed by atoms with Crippen molar-refractivity contribution >= 4 is 5.91 Å². The van der Waals surface area contributed by atoms with Gasteiger partial charge in [0.15, 0.2) is 6.10 Å². The average Bonchev–Trinajstić information content (AvgIpc) is 2.51. The highest BCUT2D eigenvalue weighted by atomic mass is 16.5. The van der Waals surface area contributed by atoms with Crippen LogP contribution in [0.5, 0.6) is 5.75 Å². The van der Waals surface area contributed by atoms with Gasteiger partial charge < -0.3 is 10.1 Å². The molecule has 0 unspecified atom stereocenters. The Balaban J connectivity index is 1.87. The third-order valence-electron chi connectivity index (χ3n) is 3.79. The summed E-state index contributed by atoms with van der Waals surface area (Å²) in [4.78, 5) is 16.5. The maximum absolute atomic E-state index is 12.2. The first-order chi connectivity index (χ1) is 11.0. The first-order valence-corrected chi connectivity index (χ1v) is 7.90. The van der Waals surface area contributed by atoms with Crippen molar-refractivity contribution in [2.24, 2.45) is 0 Å². The summed E-state index contributed by atoms with van der Waals surface area (Å²) >= 11 is 0. The molecule has 0 saturated carbocycles. The van der Waals surface area contributed by atoms with Crippen LogP contribution in [0.2, 0.25) is 0 Å². The van der Waals surface area contributed by atoms with Gasteiger partial charge in [-0.25, -0.2) is 0 Å². The van der Waals surface area contributed by atoms with Gasteiger partial charge in [-0.1, -0.05) is 12.1 Å². The fourth-order valence-electron chi connectivity index (χ4n) is 2.29. The summed E-state index contributed by atoms with van der Waals surface area (Å²) in [5, 5.41) is 2.97. The summed E-state index contributed by atoms with van der Waals surface area (Å²) in [6.07, 6.45) is 1.92. The van der Waals surface area contributed by atoms with Gasteiger partial charge >= 0.3 is 0 Å². The molecule has 2 aromatic rings. The van der Waals surface area contributed by atoms with Crippen molar-refractivity contribution in [3.63, 3.8) is 0 Å². The van der Waals surface area contributed by atoms with Crippen LogP contribution in [-0.4, -0.2) is 23.0 Å². The summed E-state index contributed by atoms with van der Waals surface area (Å²) in [7, 11) is 0. The molecule has 0 bridgehead atoms. The topological polar surface area (TPSA) is 51.2 Å². The zero-order valence-electron chi connectivity index (χ0n) is 14.2. The van der Waals surface area contributed by atoms with E-state index in [2.05, 4.69) is 17.2 Å². The van der Waals surface area contributed by atoms with Gasteiger partial charge in [-0.05, 0) is 63.1 Å². The zero-order chi connectivity index (χ0) is 16.8. The number of benzene rings is 1. The number of aryl methyl sites for hydroxylation is 2. The van der Waals surface area contributed by atoms with Gasteiger partial charge in [-0.3, -0.25) is 9.78 Å². The number of nitrogens with zero attached hydrogens (tertiary/aromatic N) is 1. The van der Waals surface area contributed by atoms with Crippen molar-refractivity contribution in [1.82, 2.24) is 10.3 Å². The van der Waals surface area contributed by atoms with E-state index in [1.54, 1.807) is 13.1 Å². The molecular formula is C19H24N2O2. The molecule has 1 N–H and O–H groups in total. The monoisotopic (exact) mass is 312 g/mol. The molecule has 122 valence electrons. The number of nitrogens with one attached hydrogen (secondary N) is 1. The van der Waals surface area contributed by atoms with Gasteiger partial charge in [0.25, 0.3) is 5.91 Å². The van der Waals surface area contributed by atoms with E-state index in [-0.39, 0.29) is 11.9 Å². The number of pyridine rings is 1. The van der Waals surface area contributed by atoms with Crippen LogP contribution in [0.3, 0.4) is 0 Å². The molecule has 1 heterocycles. The second-order valence-corrected chi connectivity index (χ2v) is 5.94. The molecule has 2 atom stereocenters. The lowest BCUT2D eigenvalue weighted by Gasteiger charge is -2.19. The average molecular weight is 312 g/mol. The van der Waals surface area contributed by atoms with Crippen molar-refractivity contribution in [3.8, 4) is 5.75 Å². The highest BCUT2D eigenvalue weighted by Gasteiger charge is 2.17. The molecule has 4 nitrogen and oxygen atoms in total. The summed E-state index contributed by atoms with van der Waals surface area (Å²) in [6, 6.07) is 11.6. The Labute approximate surface area is 137 Å². The highest BCUT2D eigenvalue weighted by Crippen LogP contribution is 2.17. The predicted octanol–water partition coefficient (Wildman–Crippen LogP) is 3.21. The first kappa shape index (κ1) is 17.0. The highest BCUT2D eigenvalue weighted by molar-refractivity contribution is 5.81. The zero-order valence-corrected chi connectivity index (χ0v) is 14.2. The number of carbonyl (C=O) groups is 1. The quantitative estimate of drug-likeness (QED) is 0.891. The number of amides is 1. The fraction of sp³-hybridized carbons (Fsp3) is 0.368. The van der Waals surface area contributed by atoms with Crippen LogP contribution in [-0.2, 0) is 11.2 Å². The number of hydrogen-bond acceptors (Lipinski definition) is 3. The Hall–Kier alpha value is -2.36. The van der Waals surface area contributed by atoms with Gasteiger partial charge in [0.1, 0.15) is 5.75 Å². The van der Waals surface area contributed by atoms with Crippen LogP contribution in [0.15, 0.2) is 42.6 Å². The molecule has 23 heavy (non-hydrogen) atoms. The predicted molar refractivity (Wildman–Crippen MR) is 91.6 cm³/mol. The second kappa shape index (κ2) is 7.77. The van der Waals surface area contributed by atoms with Gasteiger partial charge in [0.2, 0.25) is 0 Å². The number of aromatic nitrogens is 1. The van der Waals surface area contributed by atoms with Crippen molar-refractivity contribution in [1.29, 1.82) is 0 Å². The van der Waals surface area contributed by atoms with Crippen molar-refractivity contribution in [3.05, 3.63) is 59.4 Å². The molecule has 0 fully saturated rings. The largest absolute Gasteiger partial charge is 0.481 e. The van der Waals surface area contributed by atoms with Crippen LogP contribution < -0.4 is 10.1 Å². The van der Waals surface area contributed by atoms with Gasteiger partial charge in [-0.15, -0.1) is 0 Å². The van der Waals surface area contributed by atoms with E-state index in [1.807, 2.05) is 50.2 Å². The molecule has 0 aliphatic heterocycles. The summed E-state index contributed by atoms with van der Waals surface area (Å²) in [5.74, 6) is 0.597. The summed E-state index contributed by atoms with van der Waals surface area (Å²) in [5.41, 5.74) is 3.32. The normalized spacial score (nSPS) is 13.2. The first-order valence-electron chi connectivity index (χ1n) is 7.90. The van der Waals surface area contributed by atoms with E-state index in [0.29, 0.717) is 12.2 Å². The van der Waals surface area contributed by atoms with Crippen LogP contribution in [0.1, 0.15) is 30.7 Å². The molecule has 4 heteroatoms. The lowest BCUT2D eigenvalue weighted by atomic mass is 10.1. The minimum atomic E-state index is -0.539. The molecule has 0 radical (unpaired) electrons. The van der Waals surface area contributed by atoms with Crippen molar-refractivity contribution in [2.75, 3.05) is 0 Å². The van der Waals surface area contributed by atoms with Crippen molar-refractivity contribution in [2.45, 2.75) is 46.3 Å². The van der Waals surface area contributed by atoms with E-state index in [1.165, 1.54) is 5.56 Å². The number of rotatable bonds is 6. The lowest BCUT2D eigenvalue weighted by Crippen LogP contribution is -2.42. The molecule has 0 aliphatic carbocycles. The fourth-order valence-corrected chi connectivity index (χ4v) is 2.29. The van der Waals surface area contributed by atoms with Gasteiger partial charge in [0, 0.05) is 24.4 Å². The Kier molecular flexibility index (Phi) is 5.74. The molecule has 1 aromatic heterocycles. The van der Waals surface area contributed by atoms with E-state index in [0.717, 1.165) is 11.3 Å². The maximum Gasteiger partial charge on any atom is 0.260 e. The van der Waals surface area contributed by atoms with E-state index in [9.17, 15) is 4.79 Å². The van der Waals surface area contributed by atoms with E-state index in [4.69, 9.17) is 4.74 Å². The molecule has 0 saturated heterocycles. The minimum Gasteiger partial charge on any atom is -0.481 e. The Morgan fingerprint density at radius 3 is 2.61 bits per heavy atom. The molecule has 1 aromatic carbocycles. The Morgan fingerprint density at radius 2 is 1.96 bits per heavy atom. The SMILES string of the molecule is Cc1ccc(O[C@@H](C)C(=O)N[C@@H](C)Cc2ccccn2)cc1C. The van der Waals surface area contributed by atoms with E-state index < -0.39 is 6.10 Å². The Morgan fingerprint density at radius 1 is 1.17 bits per heavy atom. The Bertz CT molecular complexity index is 656. The number of ether oxygens (including phenoxy) is 1. The summed E-state index contributed by atoms with van der Waals surface area (Å²) < 4.78 is 5.74. The lowest BCUT2D eigenvalue weighted by molar-refractivity contribution is -0.127. The van der Waals surface area contributed by atoms with Crippen LogP contribution in [0.4, 0.5) is 0 Å². The minimum absolute atomic E-state index is 0.00297. The third-order valence-corrected chi connectivity index (χ3v) is 3.79. The van der Waals surface area contributed by atoms with Crippen LogP contribution in [0, 0.1) is 13.8 Å². The standard InChI is InChI=1S/C19H24N2O2/c1-13-8-9-18(11-14(13)2)23-16(4)19(22)21-15(3)12-17-7-5-6-10-20-17/h5-11,15-16H,12H2,1-4H3,(H,21,22)/t15-,16-/m0/s1. The number of hydrogen-bond donors (Lipinski definition) is 1. The van der Waals surface area contributed by atoms with Crippen LogP contribution in [0.25, 0.3) is 0 Å². The van der Waals surface area contributed by atoms with Crippen molar-refractivity contribution < 1.29 is 9.53 Å². The summed E-state index contributed by atoms with van der Waals surface area (Å²) in [6.45, 7) is 7.81. The van der Waals surface area contributed by atoms with Crippen LogP contribution >= 0.6 is 0 Å². The molecule has 1 amide bonds. The van der Waals surface area contributed by atoms with Gasteiger partial charge in [-0.2, -0.15) is 0 Å². The number of carbonyl (C=O) groups excluding carboxylic acids is 1. The van der Waals surface area contributed by atoms with Gasteiger partial charge in [0.05, 0.1) is 0 Å². The van der Waals surface area contributed by atoms with E-state index >= 15 is 0 Å². The molecule has 0 aliphatic rings.